The van der Waals surface area contributed by atoms with Crippen LogP contribution >= 0.6 is 0 Å². The van der Waals surface area contributed by atoms with Gasteiger partial charge >= 0.3 is 6.18 Å². The Kier molecular flexibility index (Phi) is 5.97. The number of rotatable bonds is 7. The van der Waals surface area contributed by atoms with Crippen molar-refractivity contribution in [3.8, 4) is 11.3 Å². The molecule has 30 heavy (non-hydrogen) atoms. The first-order valence-corrected chi connectivity index (χ1v) is 9.83. The Labute approximate surface area is 173 Å². The van der Waals surface area contributed by atoms with Crippen molar-refractivity contribution >= 4 is 5.91 Å². The molecule has 1 aromatic carbocycles. The standard InChI is InChI=1S/C21H26F3N3O3/c1-12(2)13(3)25-19(28)17-16(11-27(4)20(29)9-10-20)18(30-26-17)14-5-7-15(8-6-14)21(22,23)24/h5-8,12-13,29H,9-11H2,1-4H3,(H,25,28)/t13-/m0/s1. The molecule has 1 fully saturated rings. The number of aliphatic hydroxyl groups is 1. The molecule has 0 unspecified atom stereocenters. The van der Waals surface area contributed by atoms with Gasteiger partial charge in [-0.2, -0.15) is 13.2 Å². The quantitative estimate of drug-likeness (QED) is 0.655. The number of hydrogen-bond donors (Lipinski definition) is 2. The highest BCUT2D eigenvalue weighted by molar-refractivity contribution is 5.95. The number of aromatic nitrogens is 1. The van der Waals surface area contributed by atoms with Crippen molar-refractivity contribution in [1.29, 1.82) is 0 Å². The monoisotopic (exact) mass is 425 g/mol. The first kappa shape index (κ1) is 22.3. The lowest BCUT2D eigenvalue weighted by Crippen LogP contribution is -2.38. The number of nitrogens with zero attached hydrogens (tertiary/aromatic N) is 2. The van der Waals surface area contributed by atoms with Crippen molar-refractivity contribution in [3.63, 3.8) is 0 Å². The van der Waals surface area contributed by atoms with E-state index >= 15 is 0 Å². The minimum atomic E-state index is -4.45. The van der Waals surface area contributed by atoms with Crippen LogP contribution in [0, 0.1) is 5.92 Å². The van der Waals surface area contributed by atoms with Gasteiger partial charge in [0, 0.05) is 23.7 Å². The van der Waals surface area contributed by atoms with Crippen LogP contribution in [0.2, 0.25) is 0 Å². The molecule has 2 N–H and O–H groups in total. The lowest BCUT2D eigenvalue weighted by atomic mass is 10.0. The Morgan fingerprint density at radius 3 is 2.37 bits per heavy atom. The van der Waals surface area contributed by atoms with Gasteiger partial charge in [-0.3, -0.25) is 9.69 Å². The average molecular weight is 425 g/mol. The molecule has 0 saturated heterocycles. The lowest BCUT2D eigenvalue weighted by Gasteiger charge is -2.23. The Morgan fingerprint density at radius 2 is 1.87 bits per heavy atom. The summed E-state index contributed by atoms with van der Waals surface area (Å²) < 4.78 is 44.1. The number of carbonyl (C=O) groups is 1. The molecular weight excluding hydrogens is 399 g/mol. The zero-order valence-electron chi connectivity index (χ0n) is 17.4. The second-order valence-corrected chi connectivity index (χ2v) is 8.26. The van der Waals surface area contributed by atoms with E-state index in [1.807, 2.05) is 20.8 Å². The summed E-state index contributed by atoms with van der Waals surface area (Å²) in [5.41, 5.74) is -0.870. The molecule has 0 aliphatic heterocycles. The number of carbonyl (C=O) groups excluding carboxylic acids is 1. The largest absolute Gasteiger partial charge is 0.416 e. The minimum Gasteiger partial charge on any atom is -0.376 e. The van der Waals surface area contributed by atoms with E-state index in [2.05, 4.69) is 10.5 Å². The topological polar surface area (TPSA) is 78.6 Å². The highest BCUT2D eigenvalue weighted by Crippen LogP contribution is 2.40. The molecule has 9 heteroatoms. The van der Waals surface area contributed by atoms with E-state index in [0.717, 1.165) is 12.1 Å². The fourth-order valence-corrected chi connectivity index (χ4v) is 2.99. The number of halogens is 3. The number of nitrogens with one attached hydrogen (secondary N) is 1. The van der Waals surface area contributed by atoms with Crippen molar-refractivity contribution < 1.29 is 27.6 Å². The third-order valence-corrected chi connectivity index (χ3v) is 5.64. The molecule has 1 heterocycles. The fourth-order valence-electron chi connectivity index (χ4n) is 2.99. The lowest BCUT2D eigenvalue weighted by molar-refractivity contribution is -0.137. The molecule has 1 saturated carbocycles. The summed E-state index contributed by atoms with van der Waals surface area (Å²) in [6, 6.07) is 4.39. The molecular formula is C21H26F3N3O3. The van der Waals surface area contributed by atoms with Gasteiger partial charge in [-0.15, -0.1) is 0 Å². The maximum atomic E-state index is 12.9. The predicted molar refractivity (Wildman–Crippen MR) is 104 cm³/mol. The number of hydrogen-bond acceptors (Lipinski definition) is 5. The second-order valence-electron chi connectivity index (χ2n) is 8.26. The highest BCUT2D eigenvalue weighted by atomic mass is 19.4. The van der Waals surface area contributed by atoms with Gasteiger partial charge < -0.3 is 14.9 Å². The van der Waals surface area contributed by atoms with E-state index in [1.165, 1.54) is 12.1 Å². The molecule has 2 aromatic rings. The Bertz CT molecular complexity index is 902. The van der Waals surface area contributed by atoms with Crippen molar-refractivity contribution in [2.45, 2.75) is 58.1 Å². The van der Waals surface area contributed by atoms with E-state index < -0.39 is 23.4 Å². The number of benzene rings is 1. The van der Waals surface area contributed by atoms with Crippen molar-refractivity contribution in [3.05, 3.63) is 41.1 Å². The smallest absolute Gasteiger partial charge is 0.376 e. The van der Waals surface area contributed by atoms with E-state index in [9.17, 15) is 23.1 Å². The zero-order valence-corrected chi connectivity index (χ0v) is 17.4. The third kappa shape index (κ3) is 4.67. The van der Waals surface area contributed by atoms with Crippen LogP contribution < -0.4 is 5.32 Å². The van der Waals surface area contributed by atoms with Crippen LogP contribution in [0.3, 0.4) is 0 Å². The Hall–Kier alpha value is -2.39. The van der Waals surface area contributed by atoms with E-state index in [-0.39, 0.29) is 30.0 Å². The summed E-state index contributed by atoms with van der Waals surface area (Å²) in [7, 11) is 1.72. The van der Waals surface area contributed by atoms with Crippen LogP contribution in [0.1, 0.15) is 55.2 Å². The summed E-state index contributed by atoms with van der Waals surface area (Å²) in [6.45, 7) is 5.98. The molecule has 3 rings (SSSR count). The molecule has 0 bridgehead atoms. The molecule has 164 valence electrons. The molecule has 1 aromatic heterocycles. The summed E-state index contributed by atoms with van der Waals surface area (Å²) >= 11 is 0. The summed E-state index contributed by atoms with van der Waals surface area (Å²) in [5, 5.41) is 17.2. The highest BCUT2D eigenvalue weighted by Gasteiger charge is 2.45. The second kappa shape index (κ2) is 8.03. The van der Waals surface area contributed by atoms with Crippen LogP contribution in [0.5, 0.6) is 0 Å². The maximum Gasteiger partial charge on any atom is 0.416 e. The zero-order chi connectivity index (χ0) is 22.3. The van der Waals surface area contributed by atoms with Crippen LogP contribution in [-0.2, 0) is 12.7 Å². The van der Waals surface area contributed by atoms with Gasteiger partial charge in [0.05, 0.1) is 5.56 Å². The van der Waals surface area contributed by atoms with Gasteiger partial charge in [0.25, 0.3) is 5.91 Å². The Morgan fingerprint density at radius 1 is 1.27 bits per heavy atom. The van der Waals surface area contributed by atoms with Gasteiger partial charge in [-0.25, -0.2) is 0 Å². The molecule has 0 spiro atoms. The predicted octanol–water partition coefficient (Wildman–Crippen LogP) is 4.05. The molecule has 6 nitrogen and oxygen atoms in total. The summed E-state index contributed by atoms with van der Waals surface area (Å²) in [4.78, 5) is 14.5. The molecule has 0 radical (unpaired) electrons. The van der Waals surface area contributed by atoms with Crippen LogP contribution in [-0.4, -0.2) is 39.9 Å². The van der Waals surface area contributed by atoms with Gasteiger partial charge in [-0.05, 0) is 44.9 Å². The van der Waals surface area contributed by atoms with E-state index in [0.29, 0.717) is 24.0 Å². The van der Waals surface area contributed by atoms with Crippen LogP contribution in [0.15, 0.2) is 28.8 Å². The van der Waals surface area contributed by atoms with Crippen molar-refractivity contribution in [2.75, 3.05) is 7.05 Å². The number of alkyl halides is 3. The van der Waals surface area contributed by atoms with Gasteiger partial charge in [0.15, 0.2) is 11.5 Å². The molecule has 1 atom stereocenters. The first-order valence-electron chi connectivity index (χ1n) is 9.83. The summed E-state index contributed by atoms with van der Waals surface area (Å²) in [6.07, 6.45) is -3.23. The van der Waals surface area contributed by atoms with E-state index in [1.54, 1.807) is 11.9 Å². The maximum absolute atomic E-state index is 12.9. The first-order chi connectivity index (χ1) is 13.9. The molecule has 1 aliphatic carbocycles. The molecule has 1 aliphatic rings. The van der Waals surface area contributed by atoms with Crippen molar-refractivity contribution in [2.24, 2.45) is 5.92 Å². The minimum absolute atomic E-state index is 0.0634. The SMILES string of the molecule is CC(C)[C@H](C)NC(=O)c1noc(-c2ccc(C(F)(F)F)cc2)c1CN(C)C1(O)CC1. The van der Waals surface area contributed by atoms with E-state index in [4.69, 9.17) is 4.52 Å². The third-order valence-electron chi connectivity index (χ3n) is 5.64. The molecule has 1 amide bonds. The number of amides is 1. The Balaban J connectivity index is 1.96. The average Bonchev–Trinajstić information content (AvgIpc) is 3.29. The fraction of sp³-hybridized carbons (Fsp3) is 0.524. The van der Waals surface area contributed by atoms with Crippen LogP contribution in [0.4, 0.5) is 13.2 Å². The van der Waals surface area contributed by atoms with Gasteiger partial charge in [0.2, 0.25) is 0 Å². The van der Waals surface area contributed by atoms with Crippen molar-refractivity contribution in [1.82, 2.24) is 15.4 Å². The van der Waals surface area contributed by atoms with Crippen LogP contribution in [0.25, 0.3) is 11.3 Å². The summed E-state index contributed by atoms with van der Waals surface area (Å²) in [5.74, 6) is -0.0139. The van der Waals surface area contributed by atoms with Gasteiger partial charge in [-0.1, -0.05) is 31.1 Å². The normalized spacial score (nSPS) is 16.7. The van der Waals surface area contributed by atoms with Gasteiger partial charge in [0.1, 0.15) is 5.72 Å².